The smallest absolute Gasteiger partial charge is 0.0725 e. The molecule has 0 bridgehead atoms. The molecule has 0 N–H and O–H groups in total. The number of rotatable bonds is 6. The standard InChI is InChI=1S/C70H22Si2/c1-7-71(3,4)9-69-63-55-46-39-26-19-13-14-16-12-11-15(13)24(26)30-28-17(11)21-18(12)29-31-25(16)27-20(14)23-22(19)33-41-34(23)43-40(27)47-45(31)49-36(29)38-32(21)37-35(28)48(44(30)46)59(63)61-50(37)51(38)62-60(49)64-56(47)53(43)58-54(41)57(52(55)42(33)39)65(69)66(58)70(64,68(62)67(61)69)10-72(5,6)8-2/h7-8H,1-2,9-10H2,3-6H3/t69-,70+. The van der Waals surface area contributed by atoms with Crippen molar-refractivity contribution in [3.8, 4) is 0 Å². The molecule has 5 aliphatic carbocycles. The van der Waals surface area contributed by atoms with Crippen LogP contribution < -0.4 is 0 Å². The molecule has 0 radical (unpaired) electrons. The van der Waals surface area contributed by atoms with Gasteiger partial charge in [0, 0.05) is 10.8 Å². The van der Waals surface area contributed by atoms with Gasteiger partial charge in [0.1, 0.15) is 0 Å². The van der Waals surface area contributed by atoms with Crippen LogP contribution in [0.3, 0.4) is 0 Å². The molecular formula is C70H22Si2. The lowest BCUT2D eigenvalue weighted by molar-refractivity contribution is 0.598. The van der Waals surface area contributed by atoms with Crippen molar-refractivity contribution in [2.24, 2.45) is 0 Å². The van der Waals surface area contributed by atoms with Gasteiger partial charge in [-0.3, -0.25) is 0 Å². The highest BCUT2D eigenvalue weighted by Crippen LogP contribution is 2.85. The van der Waals surface area contributed by atoms with Crippen molar-refractivity contribution in [2.75, 3.05) is 0 Å². The lowest BCUT2D eigenvalue weighted by atomic mass is 9.55. The summed E-state index contributed by atoms with van der Waals surface area (Å²) in [5.74, 6) is 0. The lowest BCUT2D eigenvalue weighted by Gasteiger charge is -2.52. The van der Waals surface area contributed by atoms with E-state index in [2.05, 4.69) is 37.6 Å². The molecule has 72 heavy (non-hydrogen) atoms. The van der Waals surface area contributed by atoms with Crippen LogP contribution in [0.5, 0.6) is 0 Å². The quantitative estimate of drug-likeness (QED) is 0.115. The van der Waals surface area contributed by atoms with Crippen LogP contribution in [-0.4, -0.2) is 16.1 Å². The SMILES string of the molecule is C=C[Si](C)(C)C[C@]12c3c4c5c6c7c8c9c%10c(c1c1c%11c2c2c%12c3c5c3c5c%12c%12c2c2c%11c%11c%13c1c%10c1c%10c9c9c7c7c6c3c3c5c5c%12c6c2c%11c2c(c%131)c1c%10c9c9c7c3c3c9c1c2c6c53)[C@@]48C[Si](C)(C)C=C. The van der Waals surface area contributed by atoms with Crippen LogP contribution in [0.4, 0.5) is 0 Å². The van der Waals surface area contributed by atoms with Gasteiger partial charge in [-0.15, -0.1) is 24.6 Å². The van der Waals surface area contributed by atoms with Crippen LogP contribution >= 0.6 is 0 Å². The third-order valence-electron chi connectivity index (χ3n) is 26.1. The van der Waals surface area contributed by atoms with Crippen LogP contribution in [0.15, 0.2) is 24.6 Å². The van der Waals surface area contributed by atoms with Crippen LogP contribution in [-0.2, 0) is 10.8 Å². The molecule has 0 unspecified atom stereocenters. The Morgan fingerprint density at radius 1 is 0.208 bits per heavy atom. The largest absolute Gasteiger partial charge is 0.107 e. The van der Waals surface area contributed by atoms with Crippen LogP contribution in [0.1, 0.15) is 33.4 Å². The molecule has 2 atom stereocenters. The van der Waals surface area contributed by atoms with E-state index in [0.29, 0.717) is 0 Å². The first-order valence-corrected chi connectivity index (χ1v) is 33.9. The van der Waals surface area contributed by atoms with Gasteiger partial charge >= 0.3 is 0 Å². The van der Waals surface area contributed by atoms with E-state index in [1.54, 1.807) is 291 Å². The van der Waals surface area contributed by atoms with Crippen molar-refractivity contribution < 1.29 is 0 Å². The Morgan fingerprint density at radius 2 is 0.319 bits per heavy atom. The summed E-state index contributed by atoms with van der Waals surface area (Å²) in [4.78, 5) is 0. The van der Waals surface area contributed by atoms with Gasteiger partial charge in [0.25, 0.3) is 0 Å². The Hall–Kier alpha value is -7.63. The molecule has 0 aliphatic heterocycles. The van der Waals surface area contributed by atoms with Crippen molar-refractivity contribution in [1.82, 2.24) is 0 Å². The Balaban J connectivity index is 1.20. The molecule has 0 fully saturated rings. The third-order valence-corrected chi connectivity index (χ3v) is 31.2. The highest BCUT2D eigenvalue weighted by Gasteiger charge is 2.67. The fraction of sp³-hybridized carbons (Fsp3) is 0.114. The van der Waals surface area contributed by atoms with Crippen molar-refractivity contribution >= 4 is 296 Å². The molecule has 0 spiro atoms. The second-order valence-electron chi connectivity index (χ2n) is 28.3. The highest BCUT2D eigenvalue weighted by molar-refractivity contribution is 6.85. The van der Waals surface area contributed by atoms with E-state index in [0.717, 1.165) is 0 Å². The van der Waals surface area contributed by atoms with E-state index in [9.17, 15) is 0 Å². The van der Waals surface area contributed by atoms with E-state index in [4.69, 9.17) is 13.2 Å². The number of hydrogen-bond acceptors (Lipinski definition) is 0. The van der Waals surface area contributed by atoms with E-state index in [1.807, 2.05) is 22.3 Å². The van der Waals surface area contributed by atoms with Gasteiger partial charge in [-0.2, -0.15) is 0 Å². The zero-order valence-electron chi connectivity index (χ0n) is 39.0. The topological polar surface area (TPSA) is 0 Å². The molecule has 27 aromatic rings. The Bertz CT molecular complexity index is 6940. The second kappa shape index (κ2) is 6.53. The fourth-order valence-electron chi connectivity index (χ4n) is 25.6. The van der Waals surface area contributed by atoms with Crippen LogP contribution in [0.25, 0.3) is 280 Å². The van der Waals surface area contributed by atoms with E-state index >= 15 is 0 Å². The Labute approximate surface area is 400 Å². The molecule has 0 nitrogen and oxygen atoms in total. The zero-order valence-corrected chi connectivity index (χ0v) is 41.0. The molecule has 32 rings (SSSR count). The molecule has 5 aliphatic rings. The molecular weight excluding hydrogens is 897 g/mol. The van der Waals surface area contributed by atoms with Crippen LogP contribution in [0.2, 0.25) is 38.3 Å². The van der Waals surface area contributed by atoms with E-state index < -0.39 is 16.1 Å². The van der Waals surface area contributed by atoms with Gasteiger partial charge < -0.3 is 0 Å². The summed E-state index contributed by atoms with van der Waals surface area (Å²) in [6, 6.07) is 2.39. The molecule has 27 aromatic carbocycles. The summed E-state index contributed by atoms with van der Waals surface area (Å²) in [5, 5.41) is 87.6. The van der Waals surface area contributed by atoms with Gasteiger partial charge in [0.05, 0.1) is 16.1 Å². The minimum Gasteiger partial charge on any atom is -0.107 e. The predicted octanol–water partition coefficient (Wildman–Crippen LogP) is 19.8. The molecule has 0 amide bonds. The minimum absolute atomic E-state index is 0.241. The maximum Gasteiger partial charge on any atom is 0.0725 e. The summed E-state index contributed by atoms with van der Waals surface area (Å²) in [5.41, 5.74) is 15.4. The van der Waals surface area contributed by atoms with Crippen molar-refractivity contribution in [1.29, 1.82) is 0 Å². The highest BCUT2D eigenvalue weighted by atomic mass is 28.3. The summed E-state index contributed by atoms with van der Waals surface area (Å²) in [6.45, 7) is 20.4. The molecule has 2 heteroatoms. The first-order valence-electron chi connectivity index (χ1n) is 27.3. The molecule has 0 saturated carbocycles. The van der Waals surface area contributed by atoms with Crippen LogP contribution in [0, 0.1) is 0 Å². The molecule has 0 saturated heterocycles. The monoisotopic (exact) mass is 918 g/mol. The van der Waals surface area contributed by atoms with Gasteiger partial charge in [0.15, 0.2) is 0 Å². The second-order valence-corrected chi connectivity index (χ2v) is 37.8. The third kappa shape index (κ3) is 1.61. The van der Waals surface area contributed by atoms with Gasteiger partial charge in [-0.05, 0) is 326 Å². The zero-order chi connectivity index (χ0) is 44.3. The van der Waals surface area contributed by atoms with Crippen molar-refractivity contribution in [2.45, 2.75) is 49.1 Å². The fourth-order valence-corrected chi connectivity index (χ4v) is 29.7. The van der Waals surface area contributed by atoms with Gasteiger partial charge in [0.2, 0.25) is 0 Å². The summed E-state index contributed by atoms with van der Waals surface area (Å²) < 4.78 is 0. The average molecular weight is 919 g/mol. The van der Waals surface area contributed by atoms with Crippen molar-refractivity contribution in [3.05, 3.63) is 57.9 Å². The number of benzene rings is 17. The summed E-state index contributed by atoms with van der Waals surface area (Å²) in [6.07, 6.45) is 0. The maximum absolute atomic E-state index is 4.82. The predicted molar refractivity (Wildman–Crippen MR) is 317 cm³/mol. The number of hydrogen-bond donors (Lipinski definition) is 0. The normalized spacial score (nSPS) is 21.9. The Morgan fingerprint density at radius 3 is 0.486 bits per heavy atom. The summed E-state index contributed by atoms with van der Waals surface area (Å²) >= 11 is 0. The Kier molecular flexibility index (Phi) is 2.63. The minimum atomic E-state index is -2.09. The summed E-state index contributed by atoms with van der Waals surface area (Å²) in [7, 11) is -4.18. The molecule has 310 valence electrons. The first-order chi connectivity index (χ1) is 35.3. The average Bonchev–Trinajstić information content (AvgIpc) is 4.38. The molecule has 0 heterocycles. The van der Waals surface area contributed by atoms with Crippen molar-refractivity contribution in [3.63, 3.8) is 0 Å². The maximum atomic E-state index is 4.82. The van der Waals surface area contributed by atoms with E-state index in [-0.39, 0.29) is 10.8 Å². The first kappa shape index (κ1) is 29.0. The van der Waals surface area contributed by atoms with E-state index in [1.165, 1.54) is 12.1 Å². The lowest BCUT2D eigenvalue weighted by Crippen LogP contribution is -2.48. The molecule has 0 aromatic heterocycles. The van der Waals surface area contributed by atoms with Gasteiger partial charge in [-0.1, -0.05) is 26.2 Å². The van der Waals surface area contributed by atoms with Gasteiger partial charge in [-0.25, -0.2) is 0 Å².